The Hall–Kier alpha value is -5.07. The molecule has 0 aliphatic carbocycles. The molecule has 2 aromatic carbocycles. The Morgan fingerprint density at radius 2 is 1.04 bits per heavy atom. The largest absolute Gasteiger partial charge is 0.483 e. The fourth-order valence-electron chi connectivity index (χ4n) is 5.43. The van der Waals surface area contributed by atoms with Gasteiger partial charge in [-0.15, -0.1) is 0 Å². The first-order valence-corrected chi connectivity index (χ1v) is 15.0. The lowest BCUT2D eigenvalue weighted by molar-refractivity contribution is -0.298. The highest BCUT2D eigenvalue weighted by Crippen LogP contribution is 2.40. The topological polar surface area (TPSA) is 144 Å². The second-order valence-electron chi connectivity index (χ2n) is 12.5. The Bertz CT molecular complexity index is 2030. The van der Waals surface area contributed by atoms with E-state index >= 15 is 0 Å². The maximum Gasteiger partial charge on any atom is 0.336 e. The van der Waals surface area contributed by atoms with Crippen LogP contribution in [0.4, 0.5) is 0 Å². The highest BCUT2D eigenvalue weighted by Gasteiger charge is 2.49. The Kier molecular flexibility index (Phi) is 8.33. The zero-order chi connectivity index (χ0) is 33.5. The van der Waals surface area contributed by atoms with Gasteiger partial charge in [0.2, 0.25) is 17.9 Å². The molecular weight excluding hydrogens is 610 g/mol. The summed E-state index contributed by atoms with van der Waals surface area (Å²) in [5, 5.41) is 3.06. The van der Waals surface area contributed by atoms with Crippen LogP contribution in [0.25, 0.3) is 43.9 Å². The number of nitrogens with zero attached hydrogens (tertiary/aromatic N) is 1. The quantitative estimate of drug-likeness (QED) is 0.151. The zero-order valence-electron chi connectivity index (χ0n) is 26.9. The summed E-state index contributed by atoms with van der Waals surface area (Å²) in [6, 6.07) is 13.5. The van der Waals surface area contributed by atoms with Crippen molar-refractivity contribution in [3.63, 3.8) is 0 Å². The standard InChI is InChI=1S/C32H28O10.C3H7NO/c1-31(2)21(15-37-29-25-19(9-11-35-25)13-17-5-7-23(33)39-27(17)29)42-32(3,4)22(41-31)16-38-30-26-20(10-12-36-26)14-18-6-8-24(34)40-28(18)30;1-4(2)3-5/h5-14,21-22H,15-16H2,1-4H3;3H,1-2H3/t21-,22-;/m1./s1. The molecule has 1 amide bonds. The minimum absolute atomic E-state index is 0.0963. The molecule has 1 aliphatic heterocycles. The molecular formula is C35H35NO11. The minimum Gasteiger partial charge on any atom is -0.483 e. The van der Waals surface area contributed by atoms with Gasteiger partial charge in [-0.3, -0.25) is 4.79 Å². The van der Waals surface area contributed by atoms with Crippen molar-refractivity contribution in [3.05, 3.63) is 81.9 Å². The number of hydrogen-bond donors (Lipinski definition) is 0. The number of benzene rings is 2. The third-order valence-electron chi connectivity index (χ3n) is 7.98. The molecule has 4 aromatic heterocycles. The first-order valence-electron chi connectivity index (χ1n) is 15.0. The van der Waals surface area contributed by atoms with Gasteiger partial charge in [-0.25, -0.2) is 9.59 Å². The molecule has 6 aromatic rings. The van der Waals surface area contributed by atoms with E-state index in [0.29, 0.717) is 44.6 Å². The van der Waals surface area contributed by atoms with Gasteiger partial charge in [0.15, 0.2) is 22.3 Å². The number of carbonyl (C=O) groups excluding carboxylic acids is 1. The highest BCUT2D eigenvalue weighted by molar-refractivity contribution is 6.00. The lowest BCUT2D eigenvalue weighted by Crippen LogP contribution is -2.62. The second kappa shape index (κ2) is 12.3. The minimum atomic E-state index is -0.803. The van der Waals surface area contributed by atoms with E-state index in [4.69, 9.17) is 36.6 Å². The molecule has 1 fully saturated rings. The van der Waals surface area contributed by atoms with Gasteiger partial charge in [0.05, 0.1) is 23.7 Å². The van der Waals surface area contributed by atoms with Crippen LogP contribution in [0.1, 0.15) is 27.7 Å². The number of furan rings is 2. The Morgan fingerprint density at radius 3 is 1.43 bits per heavy atom. The number of hydrogen-bond acceptors (Lipinski definition) is 11. The molecule has 1 saturated heterocycles. The molecule has 0 unspecified atom stereocenters. The lowest BCUT2D eigenvalue weighted by atomic mass is 9.92. The van der Waals surface area contributed by atoms with Crippen LogP contribution in [0.5, 0.6) is 11.5 Å². The summed E-state index contributed by atoms with van der Waals surface area (Å²) in [5.74, 6) is 0.653. The van der Waals surface area contributed by atoms with E-state index in [2.05, 4.69) is 0 Å². The van der Waals surface area contributed by atoms with Crippen LogP contribution >= 0.6 is 0 Å². The van der Waals surface area contributed by atoms with Gasteiger partial charge in [0.25, 0.3) is 0 Å². The maximum atomic E-state index is 12.0. The average molecular weight is 646 g/mol. The summed E-state index contributed by atoms with van der Waals surface area (Å²) in [5.41, 5.74) is -1.03. The molecule has 0 radical (unpaired) electrons. The zero-order valence-corrected chi connectivity index (χ0v) is 26.9. The van der Waals surface area contributed by atoms with Gasteiger partial charge in [0.1, 0.15) is 25.4 Å². The smallest absolute Gasteiger partial charge is 0.336 e. The molecule has 12 heteroatoms. The van der Waals surface area contributed by atoms with Crippen molar-refractivity contribution < 1.29 is 41.4 Å². The number of ether oxygens (including phenoxy) is 4. The fraction of sp³-hybridized carbons (Fsp3) is 0.343. The predicted octanol–water partition coefficient (Wildman–Crippen LogP) is 5.90. The molecule has 47 heavy (non-hydrogen) atoms. The SMILES string of the molecule is CC1(C)O[C@H](COc2c3occc3cc3ccc(=O)oc23)C(C)(C)O[C@@H]1COc1c2occc2cc2ccc(=O)oc12.CN(C)C=O. The van der Waals surface area contributed by atoms with Gasteiger partial charge in [-0.2, -0.15) is 0 Å². The highest BCUT2D eigenvalue weighted by atomic mass is 16.6. The summed E-state index contributed by atoms with van der Waals surface area (Å²) in [6.07, 6.45) is 2.85. The number of fused-ring (bicyclic) bond motifs is 4. The average Bonchev–Trinajstić information content (AvgIpc) is 3.69. The van der Waals surface area contributed by atoms with Gasteiger partial charge in [0, 0.05) is 47.8 Å². The van der Waals surface area contributed by atoms with Crippen molar-refractivity contribution in [2.24, 2.45) is 0 Å². The molecule has 1 aliphatic rings. The van der Waals surface area contributed by atoms with E-state index in [9.17, 15) is 14.4 Å². The van der Waals surface area contributed by atoms with E-state index in [1.165, 1.54) is 17.0 Å². The van der Waals surface area contributed by atoms with Crippen LogP contribution in [0.2, 0.25) is 0 Å². The predicted molar refractivity (Wildman–Crippen MR) is 173 cm³/mol. The van der Waals surface area contributed by atoms with Gasteiger partial charge < -0.3 is 41.5 Å². The number of amides is 1. The van der Waals surface area contributed by atoms with Crippen molar-refractivity contribution >= 4 is 50.3 Å². The van der Waals surface area contributed by atoms with Crippen LogP contribution in [0.3, 0.4) is 0 Å². The Balaban J connectivity index is 0.000000720. The van der Waals surface area contributed by atoms with Crippen LogP contribution < -0.4 is 20.7 Å². The van der Waals surface area contributed by atoms with Gasteiger partial charge in [-0.1, -0.05) is 0 Å². The Labute approximate surface area is 268 Å². The number of rotatable bonds is 7. The van der Waals surface area contributed by atoms with E-state index in [-0.39, 0.29) is 13.2 Å². The van der Waals surface area contributed by atoms with Crippen LogP contribution in [-0.2, 0) is 14.3 Å². The molecule has 12 nitrogen and oxygen atoms in total. The summed E-state index contributed by atoms with van der Waals surface area (Å²) in [6.45, 7) is 7.85. The molecule has 0 bridgehead atoms. The summed E-state index contributed by atoms with van der Waals surface area (Å²) < 4.78 is 48.0. The van der Waals surface area contributed by atoms with E-state index in [1.807, 2.05) is 52.0 Å². The second-order valence-corrected chi connectivity index (χ2v) is 12.5. The molecule has 5 heterocycles. The van der Waals surface area contributed by atoms with E-state index < -0.39 is 34.7 Å². The maximum absolute atomic E-state index is 12.0. The van der Waals surface area contributed by atoms with Crippen LogP contribution in [0, 0.1) is 0 Å². The summed E-state index contributed by atoms with van der Waals surface area (Å²) >= 11 is 0. The summed E-state index contributed by atoms with van der Waals surface area (Å²) in [7, 11) is 3.38. The monoisotopic (exact) mass is 645 g/mol. The van der Waals surface area contributed by atoms with Crippen LogP contribution in [0.15, 0.2) is 88.3 Å². The van der Waals surface area contributed by atoms with Crippen LogP contribution in [-0.4, -0.2) is 62.0 Å². The molecule has 0 spiro atoms. The number of carbonyl (C=O) groups is 1. The summed E-state index contributed by atoms with van der Waals surface area (Å²) in [4.78, 5) is 34.9. The van der Waals surface area contributed by atoms with Crippen molar-refractivity contribution in [2.75, 3.05) is 27.3 Å². The van der Waals surface area contributed by atoms with Gasteiger partial charge >= 0.3 is 11.3 Å². The third-order valence-corrected chi connectivity index (χ3v) is 7.98. The first-order chi connectivity index (χ1) is 22.4. The van der Waals surface area contributed by atoms with Crippen molar-refractivity contribution in [3.8, 4) is 11.5 Å². The first kappa shape index (κ1) is 31.9. The molecule has 0 N–H and O–H groups in total. The molecule has 246 valence electrons. The normalized spacial score (nSPS) is 18.6. The molecule has 0 saturated carbocycles. The molecule has 2 atom stereocenters. The third kappa shape index (κ3) is 6.34. The van der Waals surface area contributed by atoms with E-state index in [0.717, 1.165) is 17.2 Å². The van der Waals surface area contributed by atoms with Crippen molar-refractivity contribution in [1.82, 2.24) is 4.90 Å². The van der Waals surface area contributed by atoms with Crippen molar-refractivity contribution in [1.29, 1.82) is 0 Å². The Morgan fingerprint density at radius 1 is 0.660 bits per heavy atom. The van der Waals surface area contributed by atoms with Gasteiger partial charge in [-0.05, 0) is 64.1 Å². The lowest BCUT2D eigenvalue weighted by Gasteiger charge is -2.50. The van der Waals surface area contributed by atoms with E-state index in [1.54, 1.807) is 38.8 Å². The molecule has 7 rings (SSSR count). The fourth-order valence-corrected chi connectivity index (χ4v) is 5.43. The van der Waals surface area contributed by atoms with Crippen molar-refractivity contribution in [2.45, 2.75) is 51.1 Å².